The summed E-state index contributed by atoms with van der Waals surface area (Å²) in [6, 6.07) is 19.0. The minimum absolute atomic E-state index is 0.901. The molecule has 0 saturated heterocycles. The van der Waals surface area contributed by atoms with E-state index in [4.69, 9.17) is 9.98 Å². The first kappa shape index (κ1) is 19.3. The highest BCUT2D eigenvalue weighted by atomic mass is 14.8. The fourth-order valence-corrected chi connectivity index (χ4v) is 3.86. The average molecular weight is 382 g/mol. The number of para-hydroxylation sites is 1. The number of aryl methyl sites for hydroxylation is 2. The van der Waals surface area contributed by atoms with Gasteiger partial charge in [-0.05, 0) is 42.5 Å². The summed E-state index contributed by atoms with van der Waals surface area (Å²) in [5.74, 6) is 0. The van der Waals surface area contributed by atoms with E-state index in [1.807, 2.05) is 12.3 Å². The lowest BCUT2D eigenvalue weighted by Gasteiger charge is -2.12. The van der Waals surface area contributed by atoms with Gasteiger partial charge < -0.3 is 0 Å². The number of fused-ring (bicyclic) bond motifs is 3. The molecule has 2 aromatic heterocycles. The van der Waals surface area contributed by atoms with Crippen LogP contribution in [0.4, 0.5) is 5.69 Å². The highest BCUT2D eigenvalue weighted by Crippen LogP contribution is 2.28. The van der Waals surface area contributed by atoms with Crippen molar-refractivity contribution >= 4 is 33.2 Å². The molecule has 0 saturated carbocycles. The number of rotatable bonds is 6. The van der Waals surface area contributed by atoms with Gasteiger partial charge in [0.05, 0.1) is 28.1 Å². The van der Waals surface area contributed by atoms with Crippen LogP contribution in [-0.2, 0) is 12.8 Å². The SMILES string of the molecule is CCCC(=Nc1c(CC)cccc1CC)c1ccc2ccc3cccnc3c2n1. The van der Waals surface area contributed by atoms with E-state index in [1.54, 1.807) is 0 Å². The lowest BCUT2D eigenvalue weighted by atomic mass is 10.0. The lowest BCUT2D eigenvalue weighted by Crippen LogP contribution is -2.05. The third kappa shape index (κ3) is 3.77. The number of aliphatic imine (C=N–C) groups is 1. The Bertz CT molecular complexity index is 1170. The van der Waals surface area contributed by atoms with Gasteiger partial charge >= 0.3 is 0 Å². The van der Waals surface area contributed by atoms with Crippen LogP contribution in [0.2, 0.25) is 0 Å². The number of benzene rings is 2. The van der Waals surface area contributed by atoms with Gasteiger partial charge in [0.1, 0.15) is 0 Å². The Morgan fingerprint density at radius 3 is 2.17 bits per heavy atom. The van der Waals surface area contributed by atoms with Gasteiger partial charge in [0.15, 0.2) is 0 Å². The van der Waals surface area contributed by atoms with Crippen LogP contribution in [-0.4, -0.2) is 15.7 Å². The van der Waals surface area contributed by atoms with Gasteiger partial charge in [-0.25, -0.2) is 4.98 Å². The molecule has 0 amide bonds. The lowest BCUT2D eigenvalue weighted by molar-refractivity contribution is 0.984. The van der Waals surface area contributed by atoms with E-state index in [0.717, 1.165) is 64.6 Å². The Labute approximate surface area is 172 Å². The van der Waals surface area contributed by atoms with Gasteiger partial charge in [0, 0.05) is 17.0 Å². The molecule has 29 heavy (non-hydrogen) atoms. The fourth-order valence-electron chi connectivity index (χ4n) is 3.86. The molecule has 4 rings (SSSR count). The standard InChI is InChI=1S/C26H27N3/c1-4-9-22(28-24-18(5-2)10-7-11-19(24)6-3)23-16-15-21-14-13-20-12-8-17-27-25(20)26(21)29-23/h7-8,10-17H,4-6,9H2,1-3H3. The van der Waals surface area contributed by atoms with E-state index in [1.165, 1.54) is 11.1 Å². The van der Waals surface area contributed by atoms with Crippen molar-refractivity contribution in [1.29, 1.82) is 0 Å². The summed E-state index contributed by atoms with van der Waals surface area (Å²) in [5.41, 5.74) is 7.62. The zero-order valence-corrected chi connectivity index (χ0v) is 17.4. The van der Waals surface area contributed by atoms with E-state index in [0.29, 0.717) is 0 Å². The van der Waals surface area contributed by atoms with Crippen LogP contribution in [0.5, 0.6) is 0 Å². The van der Waals surface area contributed by atoms with Crippen molar-refractivity contribution in [3.05, 3.63) is 77.6 Å². The molecule has 3 nitrogen and oxygen atoms in total. The van der Waals surface area contributed by atoms with Gasteiger partial charge in [-0.15, -0.1) is 0 Å². The smallest absolute Gasteiger partial charge is 0.0972 e. The Balaban J connectivity index is 1.91. The normalized spacial score (nSPS) is 12.0. The number of hydrogen-bond acceptors (Lipinski definition) is 3. The molecule has 2 aromatic carbocycles. The predicted molar refractivity (Wildman–Crippen MR) is 123 cm³/mol. The molecule has 0 aliphatic carbocycles. The third-order valence-electron chi connectivity index (χ3n) is 5.43. The fraction of sp³-hybridized carbons (Fsp3) is 0.269. The van der Waals surface area contributed by atoms with Crippen LogP contribution >= 0.6 is 0 Å². The number of pyridine rings is 2. The summed E-state index contributed by atoms with van der Waals surface area (Å²) in [6.07, 6.45) is 5.72. The van der Waals surface area contributed by atoms with E-state index in [9.17, 15) is 0 Å². The maximum atomic E-state index is 5.18. The summed E-state index contributed by atoms with van der Waals surface area (Å²) in [6.45, 7) is 6.58. The number of hydrogen-bond donors (Lipinski definition) is 0. The molecule has 4 aromatic rings. The molecule has 0 fully saturated rings. The van der Waals surface area contributed by atoms with Gasteiger partial charge in [0.25, 0.3) is 0 Å². The second-order valence-corrected chi connectivity index (χ2v) is 7.35. The van der Waals surface area contributed by atoms with Gasteiger partial charge in [-0.3, -0.25) is 9.98 Å². The molecule has 2 heterocycles. The zero-order valence-electron chi connectivity index (χ0n) is 17.4. The van der Waals surface area contributed by atoms with Gasteiger partial charge in [-0.1, -0.05) is 69.7 Å². The van der Waals surface area contributed by atoms with E-state index >= 15 is 0 Å². The molecule has 0 atom stereocenters. The van der Waals surface area contributed by atoms with Crippen LogP contribution in [0.15, 0.2) is 65.8 Å². The van der Waals surface area contributed by atoms with Crippen molar-refractivity contribution in [3.8, 4) is 0 Å². The molecule has 0 radical (unpaired) electrons. The monoisotopic (exact) mass is 381 g/mol. The van der Waals surface area contributed by atoms with E-state index < -0.39 is 0 Å². The topological polar surface area (TPSA) is 38.1 Å². The van der Waals surface area contributed by atoms with Crippen LogP contribution in [0.3, 0.4) is 0 Å². The summed E-state index contributed by atoms with van der Waals surface area (Å²) in [5, 5.41) is 2.22. The first-order valence-corrected chi connectivity index (χ1v) is 10.6. The molecular formula is C26H27N3. The maximum absolute atomic E-state index is 5.18. The molecule has 0 aliphatic rings. The highest BCUT2D eigenvalue weighted by Gasteiger charge is 2.12. The third-order valence-corrected chi connectivity index (χ3v) is 5.43. The van der Waals surface area contributed by atoms with Gasteiger partial charge in [-0.2, -0.15) is 0 Å². The van der Waals surface area contributed by atoms with Crippen molar-refractivity contribution in [2.24, 2.45) is 4.99 Å². The second-order valence-electron chi connectivity index (χ2n) is 7.35. The Morgan fingerprint density at radius 2 is 1.48 bits per heavy atom. The summed E-state index contributed by atoms with van der Waals surface area (Å²) < 4.78 is 0. The van der Waals surface area contributed by atoms with Crippen molar-refractivity contribution in [1.82, 2.24) is 9.97 Å². The van der Waals surface area contributed by atoms with Crippen LogP contribution in [0, 0.1) is 0 Å². The summed E-state index contributed by atoms with van der Waals surface area (Å²) in [7, 11) is 0. The molecule has 0 aliphatic heterocycles. The summed E-state index contributed by atoms with van der Waals surface area (Å²) >= 11 is 0. The second kappa shape index (κ2) is 8.52. The van der Waals surface area contributed by atoms with Crippen molar-refractivity contribution in [2.75, 3.05) is 0 Å². The van der Waals surface area contributed by atoms with Crippen LogP contribution in [0.25, 0.3) is 21.8 Å². The average Bonchev–Trinajstić information content (AvgIpc) is 2.78. The Morgan fingerprint density at radius 1 is 0.793 bits per heavy atom. The van der Waals surface area contributed by atoms with Crippen LogP contribution in [0.1, 0.15) is 50.4 Å². The van der Waals surface area contributed by atoms with E-state index in [-0.39, 0.29) is 0 Å². The minimum atomic E-state index is 0.901. The molecule has 0 N–H and O–H groups in total. The highest BCUT2D eigenvalue weighted by molar-refractivity contribution is 6.06. The first-order chi connectivity index (χ1) is 14.2. The molecule has 0 bridgehead atoms. The Hall–Kier alpha value is -3.07. The Kier molecular flexibility index (Phi) is 5.66. The van der Waals surface area contributed by atoms with Crippen molar-refractivity contribution in [3.63, 3.8) is 0 Å². The zero-order chi connectivity index (χ0) is 20.2. The van der Waals surface area contributed by atoms with Crippen molar-refractivity contribution < 1.29 is 0 Å². The largest absolute Gasteiger partial charge is 0.254 e. The maximum Gasteiger partial charge on any atom is 0.0972 e. The number of nitrogens with zero attached hydrogens (tertiary/aromatic N) is 3. The predicted octanol–water partition coefficient (Wildman–Crippen LogP) is 6.83. The quantitative estimate of drug-likeness (QED) is 0.271. The first-order valence-electron chi connectivity index (χ1n) is 10.6. The van der Waals surface area contributed by atoms with Crippen LogP contribution < -0.4 is 0 Å². The molecule has 0 unspecified atom stereocenters. The number of aromatic nitrogens is 2. The van der Waals surface area contributed by atoms with Gasteiger partial charge in [0.2, 0.25) is 0 Å². The molecule has 3 heteroatoms. The molecular weight excluding hydrogens is 354 g/mol. The minimum Gasteiger partial charge on any atom is -0.254 e. The van der Waals surface area contributed by atoms with E-state index in [2.05, 4.69) is 74.3 Å². The molecule has 0 spiro atoms. The van der Waals surface area contributed by atoms with Crippen molar-refractivity contribution in [2.45, 2.75) is 46.5 Å². The summed E-state index contributed by atoms with van der Waals surface area (Å²) in [4.78, 5) is 14.8. The molecule has 146 valence electrons.